The van der Waals surface area contributed by atoms with Gasteiger partial charge in [-0.25, -0.2) is 0 Å². The second-order valence-electron chi connectivity index (χ2n) is 6.11. The SMILES string of the molecule is CC1CCc2ccccc2N1Cc1ccc(C(N)=O)cc1[N+](=O)[O-]. The number of hydrogen-bond donors (Lipinski definition) is 1. The van der Waals surface area contributed by atoms with Gasteiger partial charge >= 0.3 is 0 Å². The lowest BCUT2D eigenvalue weighted by Crippen LogP contribution is -2.36. The minimum atomic E-state index is -0.665. The number of carbonyl (C=O) groups is 1. The van der Waals surface area contributed by atoms with Crippen LogP contribution >= 0.6 is 0 Å². The van der Waals surface area contributed by atoms with E-state index in [1.807, 2.05) is 12.1 Å². The highest BCUT2D eigenvalue weighted by molar-refractivity contribution is 5.93. The highest BCUT2D eigenvalue weighted by atomic mass is 16.6. The van der Waals surface area contributed by atoms with E-state index in [0.717, 1.165) is 18.5 Å². The molecule has 1 unspecified atom stereocenters. The number of aryl methyl sites for hydroxylation is 1. The van der Waals surface area contributed by atoms with Crippen LogP contribution in [-0.4, -0.2) is 16.9 Å². The van der Waals surface area contributed by atoms with Gasteiger partial charge in [0, 0.05) is 28.9 Å². The molecular formula is C18H19N3O3. The first-order chi connectivity index (χ1) is 11.5. The maximum Gasteiger partial charge on any atom is 0.275 e. The molecule has 6 nitrogen and oxygen atoms in total. The molecule has 124 valence electrons. The molecule has 1 heterocycles. The number of primary amides is 1. The Morgan fingerprint density at radius 1 is 1.33 bits per heavy atom. The largest absolute Gasteiger partial charge is 0.366 e. The van der Waals surface area contributed by atoms with Crippen LogP contribution < -0.4 is 10.6 Å². The number of para-hydroxylation sites is 1. The maximum atomic E-state index is 11.4. The van der Waals surface area contributed by atoms with E-state index in [4.69, 9.17) is 5.73 Å². The molecule has 0 bridgehead atoms. The average molecular weight is 325 g/mol. The summed E-state index contributed by atoms with van der Waals surface area (Å²) in [7, 11) is 0. The number of benzene rings is 2. The molecule has 2 aromatic rings. The molecule has 1 aliphatic heterocycles. The van der Waals surface area contributed by atoms with E-state index < -0.39 is 10.8 Å². The van der Waals surface area contributed by atoms with Crippen molar-refractivity contribution >= 4 is 17.3 Å². The summed E-state index contributed by atoms with van der Waals surface area (Å²) in [6.45, 7) is 2.55. The first-order valence-corrected chi connectivity index (χ1v) is 7.89. The Bertz CT molecular complexity index is 804. The van der Waals surface area contributed by atoms with Gasteiger partial charge in [-0.2, -0.15) is 0 Å². The van der Waals surface area contributed by atoms with E-state index in [1.54, 1.807) is 12.1 Å². The maximum absolute atomic E-state index is 11.4. The molecule has 0 spiro atoms. The van der Waals surface area contributed by atoms with Crippen molar-refractivity contribution in [1.29, 1.82) is 0 Å². The summed E-state index contributed by atoms with van der Waals surface area (Å²) < 4.78 is 0. The normalized spacial score (nSPS) is 16.5. The zero-order valence-corrected chi connectivity index (χ0v) is 13.4. The fraction of sp³-hybridized carbons (Fsp3) is 0.278. The lowest BCUT2D eigenvalue weighted by Gasteiger charge is -2.37. The zero-order chi connectivity index (χ0) is 17.3. The Hall–Kier alpha value is -2.89. The number of anilines is 1. The van der Waals surface area contributed by atoms with Crippen LogP contribution in [0.1, 0.15) is 34.8 Å². The molecule has 3 rings (SSSR count). The van der Waals surface area contributed by atoms with E-state index in [9.17, 15) is 14.9 Å². The van der Waals surface area contributed by atoms with Gasteiger partial charge in [-0.15, -0.1) is 0 Å². The van der Waals surface area contributed by atoms with Gasteiger partial charge in [-0.1, -0.05) is 18.2 Å². The topological polar surface area (TPSA) is 89.5 Å². The summed E-state index contributed by atoms with van der Waals surface area (Å²) in [5.41, 5.74) is 8.26. The highest BCUT2D eigenvalue weighted by Crippen LogP contribution is 2.33. The van der Waals surface area contributed by atoms with Crippen molar-refractivity contribution in [3.63, 3.8) is 0 Å². The van der Waals surface area contributed by atoms with Crippen molar-refractivity contribution < 1.29 is 9.72 Å². The molecule has 24 heavy (non-hydrogen) atoms. The molecular weight excluding hydrogens is 306 g/mol. The Morgan fingerprint density at radius 2 is 2.08 bits per heavy atom. The van der Waals surface area contributed by atoms with Crippen molar-refractivity contribution in [2.45, 2.75) is 32.4 Å². The Kier molecular flexibility index (Phi) is 4.20. The van der Waals surface area contributed by atoms with Crippen molar-refractivity contribution in [2.75, 3.05) is 4.90 Å². The van der Waals surface area contributed by atoms with Crippen LogP contribution in [0.5, 0.6) is 0 Å². The Morgan fingerprint density at radius 3 is 2.79 bits per heavy atom. The van der Waals surface area contributed by atoms with Crippen LogP contribution in [0, 0.1) is 10.1 Å². The van der Waals surface area contributed by atoms with Gasteiger partial charge in [-0.05, 0) is 43.5 Å². The number of fused-ring (bicyclic) bond motifs is 1. The van der Waals surface area contributed by atoms with Crippen LogP contribution in [0.4, 0.5) is 11.4 Å². The monoisotopic (exact) mass is 325 g/mol. The molecule has 0 fully saturated rings. The first kappa shape index (κ1) is 16.0. The molecule has 0 saturated carbocycles. The summed E-state index contributed by atoms with van der Waals surface area (Å²) in [4.78, 5) is 24.4. The summed E-state index contributed by atoms with van der Waals surface area (Å²) in [5, 5.41) is 11.4. The number of carbonyl (C=O) groups excluding carboxylic acids is 1. The minimum Gasteiger partial charge on any atom is -0.366 e. The molecule has 0 aromatic heterocycles. The van der Waals surface area contributed by atoms with Crippen LogP contribution in [-0.2, 0) is 13.0 Å². The van der Waals surface area contributed by atoms with Crippen LogP contribution in [0.25, 0.3) is 0 Å². The van der Waals surface area contributed by atoms with Gasteiger partial charge < -0.3 is 10.6 Å². The molecule has 0 saturated heterocycles. The third-order valence-corrected chi connectivity index (χ3v) is 4.57. The number of nitro groups is 1. The van der Waals surface area contributed by atoms with Gasteiger partial charge in [0.1, 0.15) is 0 Å². The molecule has 1 amide bonds. The molecule has 0 radical (unpaired) electrons. The Balaban J connectivity index is 1.99. The summed E-state index contributed by atoms with van der Waals surface area (Å²) >= 11 is 0. The summed E-state index contributed by atoms with van der Waals surface area (Å²) in [5.74, 6) is -0.665. The van der Waals surface area contributed by atoms with E-state index in [1.165, 1.54) is 11.6 Å². The fourth-order valence-corrected chi connectivity index (χ4v) is 3.21. The van der Waals surface area contributed by atoms with Gasteiger partial charge in [-0.3, -0.25) is 14.9 Å². The molecule has 6 heteroatoms. The van der Waals surface area contributed by atoms with E-state index in [2.05, 4.69) is 24.0 Å². The number of amides is 1. The van der Waals surface area contributed by atoms with Crippen LogP contribution in [0.15, 0.2) is 42.5 Å². The lowest BCUT2D eigenvalue weighted by atomic mass is 9.95. The molecule has 2 N–H and O–H groups in total. The van der Waals surface area contributed by atoms with Gasteiger partial charge in [0.2, 0.25) is 5.91 Å². The van der Waals surface area contributed by atoms with Crippen molar-refractivity contribution in [2.24, 2.45) is 5.73 Å². The standard InChI is InChI=1S/C18H19N3O3/c1-12-6-7-13-4-2-3-5-16(13)20(12)11-15-9-8-14(18(19)22)10-17(15)21(23)24/h2-5,8-10,12H,6-7,11H2,1H3,(H2,19,22). The number of nitro benzene ring substituents is 1. The van der Waals surface area contributed by atoms with Crippen LogP contribution in [0.3, 0.4) is 0 Å². The van der Waals surface area contributed by atoms with Crippen LogP contribution in [0.2, 0.25) is 0 Å². The zero-order valence-electron chi connectivity index (χ0n) is 13.4. The number of rotatable bonds is 4. The number of hydrogen-bond acceptors (Lipinski definition) is 4. The second kappa shape index (κ2) is 6.31. The fourth-order valence-electron chi connectivity index (χ4n) is 3.21. The Labute approximate surface area is 140 Å². The molecule has 2 aromatic carbocycles. The van der Waals surface area contributed by atoms with E-state index in [0.29, 0.717) is 12.1 Å². The molecule has 0 aliphatic carbocycles. The average Bonchev–Trinajstić information content (AvgIpc) is 2.57. The van der Waals surface area contributed by atoms with Crippen molar-refractivity contribution in [3.8, 4) is 0 Å². The predicted molar refractivity (Wildman–Crippen MR) is 92.0 cm³/mol. The van der Waals surface area contributed by atoms with E-state index in [-0.39, 0.29) is 17.3 Å². The lowest BCUT2D eigenvalue weighted by molar-refractivity contribution is -0.385. The van der Waals surface area contributed by atoms with Crippen molar-refractivity contribution in [3.05, 3.63) is 69.3 Å². The number of nitrogens with zero attached hydrogens (tertiary/aromatic N) is 2. The van der Waals surface area contributed by atoms with Gasteiger partial charge in [0.15, 0.2) is 0 Å². The molecule has 1 aliphatic rings. The van der Waals surface area contributed by atoms with Gasteiger partial charge in [0.25, 0.3) is 5.69 Å². The number of nitrogens with two attached hydrogens (primary N) is 1. The van der Waals surface area contributed by atoms with E-state index >= 15 is 0 Å². The summed E-state index contributed by atoms with van der Waals surface area (Å²) in [6.07, 6.45) is 2.01. The van der Waals surface area contributed by atoms with Gasteiger partial charge in [0.05, 0.1) is 11.5 Å². The quantitative estimate of drug-likeness (QED) is 0.691. The highest BCUT2D eigenvalue weighted by Gasteiger charge is 2.26. The second-order valence-corrected chi connectivity index (χ2v) is 6.11. The third kappa shape index (κ3) is 2.95. The smallest absolute Gasteiger partial charge is 0.275 e. The predicted octanol–water partition coefficient (Wildman–Crippen LogP) is 3.04. The third-order valence-electron chi connectivity index (χ3n) is 4.57. The minimum absolute atomic E-state index is 0.0680. The summed E-state index contributed by atoms with van der Waals surface area (Å²) in [6, 6.07) is 12.9. The first-order valence-electron chi connectivity index (χ1n) is 7.89. The van der Waals surface area contributed by atoms with Crippen molar-refractivity contribution in [1.82, 2.24) is 0 Å². The molecule has 1 atom stereocenters.